The lowest BCUT2D eigenvalue weighted by Crippen LogP contribution is -2.53. The van der Waals surface area contributed by atoms with Crippen LogP contribution in [0, 0.1) is 5.41 Å². The molecule has 1 aromatic rings. The molecular formula is C15H17NO2. The third kappa shape index (κ3) is 1.50. The van der Waals surface area contributed by atoms with Gasteiger partial charge in [0.25, 0.3) is 5.91 Å². The third-order valence-electron chi connectivity index (χ3n) is 4.54. The van der Waals surface area contributed by atoms with Crippen LogP contribution in [0.15, 0.2) is 24.3 Å². The summed E-state index contributed by atoms with van der Waals surface area (Å²) in [6.07, 6.45) is 3.17. The van der Waals surface area contributed by atoms with Gasteiger partial charge in [-0.2, -0.15) is 0 Å². The first-order valence-electron chi connectivity index (χ1n) is 6.76. The highest BCUT2D eigenvalue weighted by Crippen LogP contribution is 2.53. The second kappa shape index (κ2) is 3.58. The summed E-state index contributed by atoms with van der Waals surface area (Å²) in [5, 5.41) is 0. The Labute approximate surface area is 107 Å². The van der Waals surface area contributed by atoms with Gasteiger partial charge in [-0.1, -0.05) is 24.3 Å². The maximum absolute atomic E-state index is 12.5. The fraction of sp³-hybridized carbons (Fsp3) is 0.533. The lowest BCUT2D eigenvalue weighted by atomic mass is 9.92. The zero-order valence-electron chi connectivity index (χ0n) is 10.4. The van der Waals surface area contributed by atoms with Crippen molar-refractivity contribution in [3.8, 4) is 0 Å². The standard InChI is InChI=1S/C15H17NO2/c17-14(16-9-15(10-16)6-7-15)13-12-4-2-1-3-11(12)5-8-18-13/h1-4,13H,5-10H2. The predicted molar refractivity (Wildman–Crippen MR) is 67.1 cm³/mol. The van der Waals surface area contributed by atoms with Gasteiger partial charge >= 0.3 is 0 Å². The smallest absolute Gasteiger partial charge is 0.256 e. The average Bonchev–Trinajstić information content (AvgIpc) is 3.16. The highest BCUT2D eigenvalue weighted by atomic mass is 16.5. The van der Waals surface area contributed by atoms with Gasteiger partial charge in [0.05, 0.1) is 6.61 Å². The third-order valence-corrected chi connectivity index (χ3v) is 4.54. The Morgan fingerprint density at radius 2 is 2.06 bits per heavy atom. The molecule has 1 amide bonds. The predicted octanol–water partition coefficient (Wildman–Crippen LogP) is 1.92. The largest absolute Gasteiger partial charge is 0.363 e. The number of amides is 1. The molecule has 1 spiro atoms. The Bertz CT molecular complexity index is 499. The van der Waals surface area contributed by atoms with Crippen LogP contribution in [0.5, 0.6) is 0 Å². The molecule has 2 fully saturated rings. The summed E-state index contributed by atoms with van der Waals surface area (Å²) in [6, 6.07) is 8.17. The quantitative estimate of drug-likeness (QED) is 0.754. The van der Waals surface area contributed by atoms with E-state index in [-0.39, 0.29) is 12.0 Å². The summed E-state index contributed by atoms with van der Waals surface area (Å²) >= 11 is 0. The van der Waals surface area contributed by atoms with Crippen molar-refractivity contribution >= 4 is 5.91 Å². The van der Waals surface area contributed by atoms with Crippen LogP contribution in [0.25, 0.3) is 0 Å². The molecule has 1 saturated carbocycles. The molecule has 0 radical (unpaired) electrons. The Hall–Kier alpha value is -1.35. The number of ether oxygens (including phenoxy) is 1. The van der Waals surface area contributed by atoms with Gasteiger partial charge in [-0.3, -0.25) is 4.79 Å². The monoisotopic (exact) mass is 243 g/mol. The summed E-state index contributed by atoms with van der Waals surface area (Å²) in [7, 11) is 0. The van der Waals surface area contributed by atoms with E-state index in [0.717, 1.165) is 25.1 Å². The molecule has 1 aliphatic carbocycles. The molecule has 4 rings (SSSR count). The van der Waals surface area contributed by atoms with E-state index in [4.69, 9.17) is 4.74 Å². The molecule has 2 aliphatic heterocycles. The number of fused-ring (bicyclic) bond motifs is 1. The first kappa shape index (κ1) is 10.6. The van der Waals surface area contributed by atoms with Crippen LogP contribution in [0.3, 0.4) is 0 Å². The van der Waals surface area contributed by atoms with E-state index in [1.165, 1.54) is 18.4 Å². The normalized spacial score (nSPS) is 27.6. The summed E-state index contributed by atoms with van der Waals surface area (Å²) in [4.78, 5) is 14.4. The maximum Gasteiger partial charge on any atom is 0.256 e. The fourth-order valence-electron chi connectivity index (χ4n) is 3.18. The average molecular weight is 243 g/mol. The Morgan fingerprint density at radius 3 is 2.83 bits per heavy atom. The van der Waals surface area contributed by atoms with Crippen molar-refractivity contribution in [3.63, 3.8) is 0 Å². The summed E-state index contributed by atoms with van der Waals surface area (Å²) in [5.74, 6) is 0.166. The van der Waals surface area contributed by atoms with Crippen LogP contribution >= 0.6 is 0 Å². The summed E-state index contributed by atoms with van der Waals surface area (Å²) in [6.45, 7) is 2.56. The van der Waals surface area contributed by atoms with E-state index in [9.17, 15) is 4.79 Å². The van der Waals surface area contributed by atoms with Crippen molar-refractivity contribution < 1.29 is 9.53 Å². The van der Waals surface area contributed by atoms with Gasteiger partial charge in [0.1, 0.15) is 0 Å². The maximum atomic E-state index is 12.5. The number of likely N-dealkylation sites (tertiary alicyclic amines) is 1. The number of rotatable bonds is 1. The second-order valence-electron chi connectivity index (χ2n) is 5.89. The van der Waals surface area contributed by atoms with E-state index < -0.39 is 0 Å². The second-order valence-corrected chi connectivity index (χ2v) is 5.89. The minimum atomic E-state index is -0.356. The lowest BCUT2D eigenvalue weighted by molar-refractivity contribution is -0.152. The molecule has 0 N–H and O–H groups in total. The van der Waals surface area contributed by atoms with E-state index in [2.05, 4.69) is 6.07 Å². The molecule has 1 aromatic carbocycles. The zero-order valence-corrected chi connectivity index (χ0v) is 10.4. The van der Waals surface area contributed by atoms with Gasteiger partial charge in [-0.15, -0.1) is 0 Å². The highest BCUT2D eigenvalue weighted by molar-refractivity contribution is 5.84. The van der Waals surface area contributed by atoms with E-state index in [1.807, 2.05) is 23.1 Å². The number of hydrogen-bond donors (Lipinski definition) is 0. The number of nitrogens with zero attached hydrogens (tertiary/aromatic N) is 1. The Balaban J connectivity index is 1.56. The Kier molecular flexibility index (Phi) is 2.10. The number of carbonyl (C=O) groups is 1. The van der Waals surface area contributed by atoms with Gasteiger partial charge in [-0.25, -0.2) is 0 Å². The van der Waals surface area contributed by atoms with Crippen molar-refractivity contribution in [1.82, 2.24) is 4.90 Å². The molecule has 18 heavy (non-hydrogen) atoms. The van der Waals surface area contributed by atoms with Crippen LogP contribution < -0.4 is 0 Å². The molecule has 3 heteroatoms. The van der Waals surface area contributed by atoms with E-state index in [1.54, 1.807) is 0 Å². The zero-order chi connectivity index (χ0) is 12.2. The molecular weight excluding hydrogens is 226 g/mol. The van der Waals surface area contributed by atoms with Crippen LogP contribution in [0.2, 0.25) is 0 Å². The molecule has 3 aliphatic rings. The van der Waals surface area contributed by atoms with Gasteiger partial charge < -0.3 is 9.64 Å². The molecule has 1 unspecified atom stereocenters. The molecule has 94 valence electrons. The summed E-state index contributed by atoms with van der Waals surface area (Å²) in [5.41, 5.74) is 2.86. The molecule has 2 heterocycles. The molecule has 0 aromatic heterocycles. The summed E-state index contributed by atoms with van der Waals surface area (Å²) < 4.78 is 5.72. The number of carbonyl (C=O) groups excluding carboxylic acids is 1. The molecule has 0 bridgehead atoms. The van der Waals surface area contributed by atoms with Crippen molar-refractivity contribution in [2.24, 2.45) is 5.41 Å². The van der Waals surface area contributed by atoms with Crippen LogP contribution in [-0.2, 0) is 16.0 Å². The minimum Gasteiger partial charge on any atom is -0.363 e. The molecule has 3 nitrogen and oxygen atoms in total. The van der Waals surface area contributed by atoms with Crippen molar-refractivity contribution in [1.29, 1.82) is 0 Å². The lowest BCUT2D eigenvalue weighted by Gasteiger charge is -2.42. The fourth-order valence-corrected chi connectivity index (χ4v) is 3.18. The topological polar surface area (TPSA) is 29.5 Å². The first-order valence-corrected chi connectivity index (χ1v) is 6.76. The number of hydrogen-bond acceptors (Lipinski definition) is 2. The van der Waals surface area contributed by atoms with E-state index >= 15 is 0 Å². The van der Waals surface area contributed by atoms with Gasteiger partial charge in [0, 0.05) is 18.5 Å². The number of benzene rings is 1. The SMILES string of the molecule is O=C(C1OCCc2ccccc21)N1CC2(CC2)C1. The first-order chi connectivity index (χ1) is 8.77. The van der Waals surface area contributed by atoms with Crippen LogP contribution in [0.1, 0.15) is 30.1 Å². The van der Waals surface area contributed by atoms with Crippen LogP contribution in [0.4, 0.5) is 0 Å². The molecule has 1 saturated heterocycles. The van der Waals surface area contributed by atoms with Gasteiger partial charge in [-0.05, 0) is 30.4 Å². The van der Waals surface area contributed by atoms with E-state index in [0.29, 0.717) is 12.0 Å². The van der Waals surface area contributed by atoms with Crippen LogP contribution in [-0.4, -0.2) is 30.5 Å². The van der Waals surface area contributed by atoms with Crippen molar-refractivity contribution in [2.45, 2.75) is 25.4 Å². The minimum absolute atomic E-state index is 0.166. The molecule has 1 atom stereocenters. The van der Waals surface area contributed by atoms with Gasteiger partial charge in [0.15, 0.2) is 6.10 Å². The van der Waals surface area contributed by atoms with Gasteiger partial charge in [0.2, 0.25) is 0 Å². The highest BCUT2D eigenvalue weighted by Gasteiger charge is 2.54. The van der Waals surface area contributed by atoms with Crippen molar-refractivity contribution in [2.75, 3.05) is 19.7 Å². The Morgan fingerprint density at radius 1 is 1.28 bits per heavy atom. The van der Waals surface area contributed by atoms with Crippen molar-refractivity contribution in [3.05, 3.63) is 35.4 Å².